The van der Waals surface area contributed by atoms with Gasteiger partial charge in [-0.05, 0) is 31.5 Å². The van der Waals surface area contributed by atoms with Gasteiger partial charge in [0.05, 0.1) is 11.3 Å². The summed E-state index contributed by atoms with van der Waals surface area (Å²) in [4.78, 5) is 14.2. The van der Waals surface area contributed by atoms with Crippen LogP contribution in [0, 0.1) is 17.6 Å². The monoisotopic (exact) mass is 283 g/mol. The zero-order valence-corrected chi connectivity index (χ0v) is 11.5. The highest BCUT2D eigenvalue weighted by atomic mass is 19.1. The number of nitrogens with zero attached hydrogens (tertiary/aromatic N) is 1. The summed E-state index contributed by atoms with van der Waals surface area (Å²) in [6.45, 7) is 5.54. The molecule has 1 aromatic rings. The zero-order chi connectivity index (χ0) is 14.7. The van der Waals surface area contributed by atoms with Crippen molar-refractivity contribution in [2.45, 2.75) is 13.3 Å². The summed E-state index contributed by atoms with van der Waals surface area (Å²) < 4.78 is 26.6. The summed E-state index contributed by atoms with van der Waals surface area (Å²) in [7, 11) is 0. The van der Waals surface area contributed by atoms with Crippen LogP contribution in [0.2, 0.25) is 0 Å². The molecule has 0 saturated carbocycles. The van der Waals surface area contributed by atoms with E-state index in [0.717, 1.165) is 32.1 Å². The van der Waals surface area contributed by atoms with Gasteiger partial charge in [-0.25, -0.2) is 8.78 Å². The fourth-order valence-corrected chi connectivity index (χ4v) is 2.44. The summed E-state index contributed by atoms with van der Waals surface area (Å²) in [5, 5.41) is 2.69. The second kappa shape index (κ2) is 6.17. The van der Waals surface area contributed by atoms with E-state index in [4.69, 9.17) is 5.73 Å². The topological polar surface area (TPSA) is 58.4 Å². The van der Waals surface area contributed by atoms with Crippen LogP contribution in [0.1, 0.15) is 23.7 Å². The Morgan fingerprint density at radius 3 is 2.85 bits per heavy atom. The molecule has 1 saturated heterocycles. The molecule has 2 rings (SSSR count). The molecule has 1 amide bonds. The molecule has 4 nitrogen and oxygen atoms in total. The summed E-state index contributed by atoms with van der Waals surface area (Å²) in [6, 6.07) is 1.67. The van der Waals surface area contributed by atoms with Gasteiger partial charge < -0.3 is 16.0 Å². The minimum Gasteiger partial charge on any atom is -0.396 e. The Morgan fingerprint density at radius 1 is 1.45 bits per heavy atom. The quantitative estimate of drug-likeness (QED) is 0.826. The second-order valence-electron chi connectivity index (χ2n) is 5.11. The van der Waals surface area contributed by atoms with E-state index in [1.165, 1.54) is 0 Å². The minimum atomic E-state index is -0.893. The molecule has 0 bridgehead atoms. The molecule has 0 aromatic heterocycles. The summed E-state index contributed by atoms with van der Waals surface area (Å²) in [5.41, 5.74) is 4.91. The molecule has 0 spiro atoms. The lowest BCUT2D eigenvalue weighted by molar-refractivity contribution is 0.0943. The van der Waals surface area contributed by atoms with Crippen molar-refractivity contribution in [3.8, 4) is 0 Å². The first-order chi connectivity index (χ1) is 9.51. The van der Waals surface area contributed by atoms with Crippen LogP contribution in [0.4, 0.5) is 14.5 Å². The number of likely N-dealkylation sites (tertiary alicyclic amines) is 1. The highest BCUT2D eigenvalue weighted by Gasteiger charge is 2.22. The summed E-state index contributed by atoms with van der Waals surface area (Å²) >= 11 is 0. The van der Waals surface area contributed by atoms with Gasteiger partial charge in [-0.15, -0.1) is 0 Å². The first kappa shape index (κ1) is 14.7. The maximum atomic E-state index is 13.5. The van der Waals surface area contributed by atoms with E-state index in [-0.39, 0.29) is 11.3 Å². The molecule has 3 N–H and O–H groups in total. The Morgan fingerprint density at radius 2 is 2.20 bits per heavy atom. The second-order valence-corrected chi connectivity index (χ2v) is 5.11. The lowest BCUT2D eigenvalue weighted by atomic mass is 10.1. The standard InChI is InChI=1S/C14H19F2N3O/c1-2-19-4-3-9(8-19)7-18-14(20)10-5-13(17)12(16)6-11(10)15/h5-6,9H,2-4,7-8,17H2,1H3,(H,18,20). The Labute approximate surface area is 116 Å². The van der Waals surface area contributed by atoms with Gasteiger partial charge in [0.15, 0.2) is 0 Å². The number of anilines is 1. The Hall–Kier alpha value is -1.69. The maximum Gasteiger partial charge on any atom is 0.254 e. The molecule has 20 heavy (non-hydrogen) atoms. The Bertz CT molecular complexity index is 507. The van der Waals surface area contributed by atoms with Crippen LogP contribution in [-0.4, -0.2) is 37.0 Å². The van der Waals surface area contributed by atoms with Gasteiger partial charge in [-0.1, -0.05) is 6.92 Å². The average Bonchev–Trinajstić information content (AvgIpc) is 2.88. The van der Waals surface area contributed by atoms with Gasteiger partial charge in [-0.3, -0.25) is 4.79 Å². The number of hydrogen-bond acceptors (Lipinski definition) is 3. The number of nitrogens with two attached hydrogens (primary N) is 1. The fourth-order valence-electron chi connectivity index (χ4n) is 2.44. The van der Waals surface area contributed by atoms with E-state index < -0.39 is 17.5 Å². The number of nitrogens with one attached hydrogen (secondary N) is 1. The van der Waals surface area contributed by atoms with Crippen LogP contribution in [0.5, 0.6) is 0 Å². The molecule has 1 fully saturated rings. The van der Waals surface area contributed by atoms with E-state index in [1.54, 1.807) is 0 Å². The van der Waals surface area contributed by atoms with E-state index in [0.29, 0.717) is 18.5 Å². The van der Waals surface area contributed by atoms with Crippen molar-refractivity contribution in [3.63, 3.8) is 0 Å². The van der Waals surface area contributed by atoms with E-state index in [9.17, 15) is 13.6 Å². The molecule has 1 unspecified atom stereocenters. The summed E-state index contributed by atoms with van der Waals surface area (Å²) in [5.74, 6) is -1.92. The van der Waals surface area contributed by atoms with Crippen LogP contribution >= 0.6 is 0 Å². The number of carbonyl (C=O) groups is 1. The number of halogens is 2. The molecule has 1 aliphatic heterocycles. The zero-order valence-electron chi connectivity index (χ0n) is 11.5. The molecule has 0 radical (unpaired) electrons. The van der Waals surface area contributed by atoms with Crippen molar-refractivity contribution in [2.75, 3.05) is 31.9 Å². The predicted molar refractivity (Wildman–Crippen MR) is 73.3 cm³/mol. The number of amides is 1. The first-order valence-corrected chi connectivity index (χ1v) is 6.76. The van der Waals surface area contributed by atoms with Crippen LogP contribution < -0.4 is 11.1 Å². The third-order valence-electron chi connectivity index (χ3n) is 3.70. The van der Waals surface area contributed by atoms with Gasteiger partial charge in [0.25, 0.3) is 5.91 Å². The third kappa shape index (κ3) is 3.25. The highest BCUT2D eigenvalue weighted by molar-refractivity contribution is 5.95. The normalized spacial score (nSPS) is 19.2. The third-order valence-corrected chi connectivity index (χ3v) is 3.70. The molecular weight excluding hydrogens is 264 g/mol. The summed E-state index contributed by atoms with van der Waals surface area (Å²) in [6.07, 6.45) is 1.02. The number of nitrogen functional groups attached to an aromatic ring is 1. The highest BCUT2D eigenvalue weighted by Crippen LogP contribution is 2.18. The van der Waals surface area contributed by atoms with Crippen molar-refractivity contribution in [3.05, 3.63) is 29.3 Å². The van der Waals surface area contributed by atoms with Crippen LogP contribution in [0.15, 0.2) is 12.1 Å². The lowest BCUT2D eigenvalue weighted by Gasteiger charge is -2.14. The molecule has 1 aromatic carbocycles. The van der Waals surface area contributed by atoms with E-state index >= 15 is 0 Å². The first-order valence-electron chi connectivity index (χ1n) is 6.76. The van der Waals surface area contributed by atoms with Crippen molar-refractivity contribution in [1.29, 1.82) is 0 Å². The van der Waals surface area contributed by atoms with E-state index in [2.05, 4.69) is 17.1 Å². The Kier molecular flexibility index (Phi) is 4.54. The van der Waals surface area contributed by atoms with Crippen molar-refractivity contribution in [1.82, 2.24) is 10.2 Å². The molecule has 1 atom stereocenters. The predicted octanol–water partition coefficient (Wildman–Crippen LogP) is 1.62. The number of benzene rings is 1. The maximum absolute atomic E-state index is 13.5. The lowest BCUT2D eigenvalue weighted by Crippen LogP contribution is -2.31. The van der Waals surface area contributed by atoms with Crippen molar-refractivity contribution < 1.29 is 13.6 Å². The molecule has 1 aliphatic rings. The van der Waals surface area contributed by atoms with Gasteiger partial charge in [0, 0.05) is 19.2 Å². The molecule has 1 heterocycles. The fraction of sp³-hybridized carbons (Fsp3) is 0.500. The Balaban J connectivity index is 1.94. The minimum absolute atomic E-state index is 0.214. The number of hydrogen-bond donors (Lipinski definition) is 2. The van der Waals surface area contributed by atoms with Crippen molar-refractivity contribution >= 4 is 11.6 Å². The van der Waals surface area contributed by atoms with Gasteiger partial charge in [0.1, 0.15) is 11.6 Å². The van der Waals surface area contributed by atoms with Crippen LogP contribution in [0.3, 0.4) is 0 Å². The largest absolute Gasteiger partial charge is 0.396 e. The van der Waals surface area contributed by atoms with Gasteiger partial charge in [-0.2, -0.15) is 0 Å². The molecule has 6 heteroatoms. The van der Waals surface area contributed by atoms with Gasteiger partial charge >= 0.3 is 0 Å². The molecular formula is C14H19F2N3O. The molecule has 110 valence electrons. The van der Waals surface area contributed by atoms with E-state index in [1.807, 2.05) is 0 Å². The SMILES string of the molecule is CCN1CCC(CNC(=O)c2cc(N)c(F)cc2F)C1. The van der Waals surface area contributed by atoms with Crippen molar-refractivity contribution in [2.24, 2.45) is 5.92 Å². The number of carbonyl (C=O) groups excluding carboxylic acids is 1. The van der Waals surface area contributed by atoms with Gasteiger partial charge in [0.2, 0.25) is 0 Å². The van der Waals surface area contributed by atoms with Crippen LogP contribution in [0.25, 0.3) is 0 Å². The smallest absolute Gasteiger partial charge is 0.254 e. The number of rotatable bonds is 4. The average molecular weight is 283 g/mol. The van der Waals surface area contributed by atoms with Crippen LogP contribution in [-0.2, 0) is 0 Å². The molecule has 0 aliphatic carbocycles.